The van der Waals surface area contributed by atoms with Crippen LogP contribution in [0.2, 0.25) is 0 Å². The Morgan fingerprint density at radius 3 is 2.91 bits per heavy atom. The normalized spacial score (nSPS) is 21.6. The number of rotatable bonds is 7. The van der Waals surface area contributed by atoms with E-state index in [0.717, 1.165) is 6.42 Å². The molecule has 2 atom stereocenters. The third-order valence-electron chi connectivity index (χ3n) is 3.43. The first-order valence-electron chi connectivity index (χ1n) is 7.37. The molecule has 124 valence electrons. The van der Waals surface area contributed by atoms with Gasteiger partial charge in [0, 0.05) is 13.0 Å². The van der Waals surface area contributed by atoms with Crippen molar-refractivity contribution < 1.29 is 17.6 Å². The third-order valence-corrected chi connectivity index (χ3v) is 6.21. The zero-order valence-corrected chi connectivity index (χ0v) is 14.4. The average Bonchev–Trinajstić information content (AvgIpc) is 3.02. The molecule has 0 bridgehead atoms. The van der Waals surface area contributed by atoms with E-state index in [1.165, 1.54) is 11.8 Å². The summed E-state index contributed by atoms with van der Waals surface area (Å²) in [5.41, 5.74) is 0. The second kappa shape index (κ2) is 7.45. The number of thioether (sulfide) groups is 1. The highest BCUT2D eigenvalue weighted by atomic mass is 32.2. The number of hydrogen-bond acceptors (Lipinski definition) is 7. The maximum atomic E-state index is 11.8. The van der Waals surface area contributed by atoms with Gasteiger partial charge in [-0.25, -0.2) is 8.42 Å². The molecule has 22 heavy (non-hydrogen) atoms. The fourth-order valence-corrected chi connectivity index (χ4v) is 4.83. The van der Waals surface area contributed by atoms with Gasteiger partial charge >= 0.3 is 0 Å². The van der Waals surface area contributed by atoms with Crippen LogP contribution in [0.4, 0.5) is 0 Å². The first-order chi connectivity index (χ1) is 10.4. The van der Waals surface area contributed by atoms with Crippen molar-refractivity contribution in [3.05, 3.63) is 5.89 Å². The molecule has 0 aliphatic carbocycles. The van der Waals surface area contributed by atoms with E-state index in [0.29, 0.717) is 30.5 Å². The average molecular weight is 347 g/mol. The van der Waals surface area contributed by atoms with Crippen LogP contribution in [-0.4, -0.2) is 47.8 Å². The van der Waals surface area contributed by atoms with Crippen molar-refractivity contribution in [3.63, 3.8) is 0 Å². The molecule has 1 amide bonds. The Morgan fingerprint density at radius 1 is 1.50 bits per heavy atom. The largest absolute Gasteiger partial charge is 0.416 e. The SMILES string of the molecule is CCCNC(=O)[C@H](C)Sc1nnc(C[C@@H]2CCS(=O)(=O)C2)o1. The molecule has 1 aromatic rings. The summed E-state index contributed by atoms with van der Waals surface area (Å²) in [6, 6.07) is 0. The fraction of sp³-hybridized carbons (Fsp3) is 0.769. The lowest BCUT2D eigenvalue weighted by Gasteiger charge is -2.08. The van der Waals surface area contributed by atoms with Gasteiger partial charge in [0.25, 0.3) is 5.22 Å². The van der Waals surface area contributed by atoms with Gasteiger partial charge in [0.15, 0.2) is 9.84 Å². The predicted octanol–water partition coefficient (Wildman–Crippen LogP) is 1.05. The number of hydrogen-bond donors (Lipinski definition) is 1. The topological polar surface area (TPSA) is 102 Å². The molecule has 1 aliphatic rings. The number of nitrogens with one attached hydrogen (secondary N) is 1. The van der Waals surface area contributed by atoms with Crippen LogP contribution in [-0.2, 0) is 21.1 Å². The summed E-state index contributed by atoms with van der Waals surface area (Å²) in [5, 5.41) is 10.7. The van der Waals surface area contributed by atoms with Crippen molar-refractivity contribution in [3.8, 4) is 0 Å². The summed E-state index contributed by atoms with van der Waals surface area (Å²) in [5.74, 6) is 0.850. The summed E-state index contributed by atoms with van der Waals surface area (Å²) in [6.45, 7) is 4.42. The second-order valence-corrected chi connectivity index (χ2v) is 9.01. The zero-order valence-electron chi connectivity index (χ0n) is 12.7. The molecule has 0 unspecified atom stereocenters. The Hall–Kier alpha value is -1.09. The molecule has 2 rings (SSSR count). The van der Waals surface area contributed by atoms with Crippen molar-refractivity contribution in [1.29, 1.82) is 0 Å². The van der Waals surface area contributed by atoms with E-state index in [9.17, 15) is 13.2 Å². The van der Waals surface area contributed by atoms with Crippen molar-refractivity contribution in [2.75, 3.05) is 18.1 Å². The molecule has 0 aromatic carbocycles. The quantitative estimate of drug-likeness (QED) is 0.736. The molecular formula is C13H21N3O4S2. The lowest BCUT2D eigenvalue weighted by molar-refractivity contribution is -0.120. The molecule has 1 saturated heterocycles. The van der Waals surface area contributed by atoms with Gasteiger partial charge < -0.3 is 9.73 Å². The summed E-state index contributed by atoms with van der Waals surface area (Å²) in [6.07, 6.45) is 2.00. The number of nitrogens with zero attached hydrogens (tertiary/aromatic N) is 2. The minimum absolute atomic E-state index is 0.0496. The van der Waals surface area contributed by atoms with Crippen LogP contribution in [0.3, 0.4) is 0 Å². The molecule has 1 aliphatic heterocycles. The first kappa shape index (κ1) is 17.3. The van der Waals surface area contributed by atoms with Gasteiger partial charge in [-0.1, -0.05) is 18.7 Å². The van der Waals surface area contributed by atoms with E-state index < -0.39 is 9.84 Å². The van der Waals surface area contributed by atoms with E-state index >= 15 is 0 Å². The van der Waals surface area contributed by atoms with E-state index in [4.69, 9.17) is 4.42 Å². The highest BCUT2D eigenvalue weighted by molar-refractivity contribution is 8.00. The van der Waals surface area contributed by atoms with E-state index in [-0.39, 0.29) is 28.6 Å². The van der Waals surface area contributed by atoms with Gasteiger partial charge in [-0.15, -0.1) is 10.2 Å². The van der Waals surface area contributed by atoms with Crippen molar-refractivity contribution in [2.24, 2.45) is 5.92 Å². The van der Waals surface area contributed by atoms with Gasteiger partial charge in [0.1, 0.15) is 0 Å². The molecule has 1 N–H and O–H groups in total. The number of amides is 1. The fourth-order valence-electron chi connectivity index (χ4n) is 2.24. The monoisotopic (exact) mass is 347 g/mol. The maximum absolute atomic E-state index is 11.8. The number of aromatic nitrogens is 2. The Morgan fingerprint density at radius 2 is 2.27 bits per heavy atom. The molecule has 1 aromatic heterocycles. The predicted molar refractivity (Wildman–Crippen MR) is 83.4 cm³/mol. The first-order valence-corrected chi connectivity index (χ1v) is 10.1. The van der Waals surface area contributed by atoms with Crippen LogP contribution in [0.15, 0.2) is 9.64 Å². The Bertz CT molecular complexity index is 615. The molecule has 9 heteroatoms. The molecule has 7 nitrogen and oxygen atoms in total. The Labute approximate surface area is 134 Å². The lowest BCUT2D eigenvalue weighted by atomic mass is 10.1. The third kappa shape index (κ3) is 4.98. The molecule has 2 heterocycles. The van der Waals surface area contributed by atoms with E-state index in [1.807, 2.05) is 6.92 Å². The van der Waals surface area contributed by atoms with E-state index in [2.05, 4.69) is 15.5 Å². The highest BCUT2D eigenvalue weighted by Crippen LogP contribution is 2.25. The maximum Gasteiger partial charge on any atom is 0.277 e. The minimum atomic E-state index is -2.90. The Balaban J connectivity index is 1.85. The van der Waals surface area contributed by atoms with Crippen LogP contribution in [0.1, 0.15) is 32.6 Å². The molecule has 1 fully saturated rings. The van der Waals surface area contributed by atoms with Gasteiger partial charge in [0.2, 0.25) is 11.8 Å². The van der Waals surface area contributed by atoms with Crippen molar-refractivity contribution >= 4 is 27.5 Å². The number of carbonyl (C=O) groups is 1. The Kier molecular flexibility index (Phi) is 5.85. The molecular weight excluding hydrogens is 326 g/mol. The highest BCUT2D eigenvalue weighted by Gasteiger charge is 2.29. The van der Waals surface area contributed by atoms with E-state index in [1.54, 1.807) is 6.92 Å². The number of sulfone groups is 1. The number of carbonyl (C=O) groups excluding carboxylic acids is 1. The van der Waals surface area contributed by atoms with Gasteiger partial charge in [-0.05, 0) is 25.7 Å². The lowest BCUT2D eigenvalue weighted by Crippen LogP contribution is -2.31. The van der Waals surface area contributed by atoms with Crippen LogP contribution in [0.5, 0.6) is 0 Å². The summed E-state index contributed by atoms with van der Waals surface area (Å²) in [7, 11) is -2.90. The van der Waals surface area contributed by atoms with Crippen LogP contribution < -0.4 is 5.32 Å². The van der Waals surface area contributed by atoms with Crippen molar-refractivity contribution in [2.45, 2.75) is 43.6 Å². The van der Waals surface area contributed by atoms with Gasteiger partial charge in [0.05, 0.1) is 16.8 Å². The molecule has 0 radical (unpaired) electrons. The summed E-state index contributed by atoms with van der Waals surface area (Å²) >= 11 is 1.21. The van der Waals surface area contributed by atoms with Gasteiger partial charge in [-0.3, -0.25) is 4.79 Å². The summed E-state index contributed by atoms with van der Waals surface area (Å²) < 4.78 is 28.4. The molecule has 0 saturated carbocycles. The standard InChI is InChI=1S/C13H21N3O4S2/c1-3-5-14-12(17)9(2)21-13-16-15-11(20-13)7-10-4-6-22(18,19)8-10/h9-10H,3-8H2,1-2H3,(H,14,17)/t9-,10-/m0/s1. The second-order valence-electron chi connectivity index (χ2n) is 5.49. The summed E-state index contributed by atoms with van der Waals surface area (Å²) in [4.78, 5) is 11.8. The van der Waals surface area contributed by atoms with Gasteiger partial charge in [-0.2, -0.15) is 0 Å². The smallest absolute Gasteiger partial charge is 0.277 e. The van der Waals surface area contributed by atoms with Crippen LogP contribution >= 0.6 is 11.8 Å². The minimum Gasteiger partial charge on any atom is -0.416 e. The van der Waals surface area contributed by atoms with Crippen LogP contribution in [0.25, 0.3) is 0 Å². The van der Waals surface area contributed by atoms with Crippen LogP contribution in [0, 0.1) is 5.92 Å². The zero-order chi connectivity index (χ0) is 16.2. The van der Waals surface area contributed by atoms with Crippen molar-refractivity contribution in [1.82, 2.24) is 15.5 Å². The molecule has 0 spiro atoms.